The molecule has 2 unspecified atom stereocenters. The third-order valence-electron chi connectivity index (χ3n) is 2.47. The van der Waals surface area contributed by atoms with Gasteiger partial charge in [-0.2, -0.15) is 26.3 Å². The molecule has 0 aliphatic carbocycles. The van der Waals surface area contributed by atoms with Crippen LogP contribution in [0.25, 0.3) is 0 Å². The number of carbonyl (C=O) groups is 4. The third-order valence-corrected chi connectivity index (χ3v) is 2.47. The van der Waals surface area contributed by atoms with Crippen molar-refractivity contribution in [1.29, 1.82) is 0 Å². The number of carbonyl (C=O) groups excluding carboxylic acids is 4. The van der Waals surface area contributed by atoms with Crippen molar-refractivity contribution in [2.45, 2.75) is 37.3 Å². The fraction of sp³-hybridized carbons (Fsp3) is 0.571. The molecule has 0 heterocycles. The first-order valence-corrected chi connectivity index (χ1v) is 7.09. The van der Waals surface area contributed by atoms with E-state index >= 15 is 0 Å². The van der Waals surface area contributed by atoms with Crippen molar-refractivity contribution in [3.63, 3.8) is 0 Å². The average Bonchev–Trinajstić information content (AvgIpc) is 2.52. The minimum Gasteiger partial charge on any atom is -0.469 e. The second kappa shape index (κ2) is 14.1. The van der Waals surface area contributed by atoms with Crippen molar-refractivity contribution in [3.8, 4) is 0 Å². The van der Waals surface area contributed by atoms with E-state index in [2.05, 4.69) is 23.3 Å². The zero-order valence-electron chi connectivity index (χ0n) is 15.4. The average molecular weight is 490 g/mol. The van der Waals surface area contributed by atoms with Crippen molar-refractivity contribution in [2.75, 3.05) is 14.2 Å². The van der Waals surface area contributed by atoms with Crippen LogP contribution in [0, 0.1) is 13.8 Å². The van der Waals surface area contributed by atoms with Gasteiger partial charge < -0.3 is 34.0 Å². The zero-order chi connectivity index (χ0) is 22.7. The molecule has 0 saturated carbocycles. The first kappa shape index (κ1) is 31.8. The second-order valence-electron chi connectivity index (χ2n) is 4.90. The Kier molecular flexibility index (Phi) is 15.5. The van der Waals surface area contributed by atoms with Crippen LogP contribution in [0.1, 0.15) is 12.8 Å². The number of rotatable bonds is 6. The van der Waals surface area contributed by atoms with Crippen LogP contribution >= 0.6 is 0 Å². The molecule has 0 aliphatic heterocycles. The van der Waals surface area contributed by atoms with Gasteiger partial charge in [0.05, 0.1) is 14.2 Å². The van der Waals surface area contributed by atoms with Gasteiger partial charge >= 0.3 is 55.6 Å². The molecule has 15 heteroatoms. The summed E-state index contributed by atoms with van der Waals surface area (Å²) in [6.45, 7) is 6.29. The van der Waals surface area contributed by atoms with Gasteiger partial charge in [0.2, 0.25) is 0 Å². The Balaban J connectivity index is -0.000000451. The summed E-state index contributed by atoms with van der Waals surface area (Å²) < 4.78 is 78.4. The molecule has 2 N–H and O–H groups in total. The van der Waals surface area contributed by atoms with Crippen LogP contribution in [0.2, 0.25) is 0 Å². The predicted molar refractivity (Wildman–Crippen MR) is 80.0 cm³/mol. The van der Waals surface area contributed by atoms with Crippen LogP contribution in [-0.4, -0.2) is 62.4 Å². The van der Waals surface area contributed by atoms with Crippen LogP contribution in [-0.2, 0) is 48.1 Å². The van der Waals surface area contributed by atoms with Crippen LogP contribution in [0.4, 0.5) is 26.3 Å². The molecular weight excluding hydrogens is 472 g/mol. The van der Waals surface area contributed by atoms with Crippen molar-refractivity contribution >= 4 is 23.8 Å². The number of alkyl halides is 6. The normalized spacial score (nSPS) is 12.8. The number of methoxy groups -OCH3 is 2. The van der Waals surface area contributed by atoms with E-state index in [4.69, 9.17) is 0 Å². The van der Waals surface area contributed by atoms with Gasteiger partial charge in [0, 0.05) is 12.8 Å². The second-order valence-corrected chi connectivity index (χ2v) is 4.90. The number of esters is 2. The van der Waals surface area contributed by atoms with Crippen molar-refractivity contribution in [2.24, 2.45) is 0 Å². The smallest absolute Gasteiger partial charge is 0.469 e. The Hall–Kier alpha value is -1.92. The molecule has 0 spiro atoms. The van der Waals surface area contributed by atoms with Gasteiger partial charge in [0.1, 0.15) is 0 Å². The molecule has 0 bridgehead atoms. The molecule has 0 saturated heterocycles. The molecule has 164 valence electrons. The van der Waals surface area contributed by atoms with Crippen molar-refractivity contribution < 1.29 is 74.5 Å². The summed E-state index contributed by atoms with van der Waals surface area (Å²) in [5.41, 5.74) is 0. The molecule has 0 rings (SSSR count). The summed E-state index contributed by atoms with van der Waals surface area (Å²) in [6.07, 6.45) is -10.7. The molecule has 2 atom stereocenters. The number of hydrogen-bond donors (Lipinski definition) is 2. The number of amides is 2. The van der Waals surface area contributed by atoms with E-state index in [0.717, 1.165) is 14.2 Å². The van der Waals surface area contributed by atoms with Gasteiger partial charge in [-0.3, -0.25) is 19.2 Å². The molecule has 0 aliphatic rings. The summed E-state index contributed by atoms with van der Waals surface area (Å²) >= 11 is 0. The minimum atomic E-state index is -4.97. The summed E-state index contributed by atoms with van der Waals surface area (Å²) in [7, 11) is 2.17. The standard InChI is InChI=1S/2C7H9F3NO3.Zn/c2*1-4(3-5(12)14-2)11-6(13)7(8,9)10;/h2*4H,1,3H2,2H3,(H,11,13);/q2*-1;+2. The molecule has 0 aromatic carbocycles. The van der Waals surface area contributed by atoms with E-state index in [0.29, 0.717) is 0 Å². The third kappa shape index (κ3) is 16.7. The maximum Gasteiger partial charge on any atom is 2.00 e. The first-order valence-electron chi connectivity index (χ1n) is 7.09. The molecular formula is C14H18F6N2O6Zn. The zero-order valence-corrected chi connectivity index (χ0v) is 18.4. The Morgan fingerprint density at radius 3 is 1.17 bits per heavy atom. The summed E-state index contributed by atoms with van der Waals surface area (Å²) in [6, 6.07) is -2.31. The van der Waals surface area contributed by atoms with Crippen LogP contribution in [0.3, 0.4) is 0 Å². The summed E-state index contributed by atoms with van der Waals surface area (Å²) in [5, 5.41) is 3.02. The topological polar surface area (TPSA) is 111 Å². The molecule has 0 fully saturated rings. The molecule has 29 heavy (non-hydrogen) atoms. The maximum absolute atomic E-state index is 11.7. The van der Waals surface area contributed by atoms with Crippen molar-refractivity contribution in [3.05, 3.63) is 13.8 Å². The number of halogens is 6. The van der Waals surface area contributed by atoms with Gasteiger partial charge in [-0.05, 0) is 0 Å². The van der Waals surface area contributed by atoms with Gasteiger partial charge in [-0.15, -0.1) is 0 Å². The maximum atomic E-state index is 11.7. The van der Waals surface area contributed by atoms with Gasteiger partial charge in [0.15, 0.2) is 0 Å². The number of hydrogen-bond acceptors (Lipinski definition) is 6. The van der Waals surface area contributed by atoms with E-state index in [-0.39, 0.29) is 19.5 Å². The molecule has 0 aromatic rings. The largest absolute Gasteiger partial charge is 2.00 e. The fourth-order valence-electron chi connectivity index (χ4n) is 1.21. The van der Waals surface area contributed by atoms with E-state index < -0.39 is 61.0 Å². The predicted octanol–water partition coefficient (Wildman–Crippen LogP) is 0.859. The minimum absolute atomic E-state index is 0. The molecule has 0 radical (unpaired) electrons. The number of ether oxygens (including phenoxy) is 2. The molecule has 0 aromatic heterocycles. The monoisotopic (exact) mass is 488 g/mol. The molecule has 8 nitrogen and oxygen atoms in total. The van der Waals surface area contributed by atoms with Crippen molar-refractivity contribution in [1.82, 2.24) is 10.6 Å². The Morgan fingerprint density at radius 2 is 1.00 bits per heavy atom. The van der Waals surface area contributed by atoms with E-state index in [1.54, 1.807) is 0 Å². The summed E-state index contributed by atoms with van der Waals surface area (Å²) in [4.78, 5) is 41.8. The Morgan fingerprint density at radius 1 is 0.759 bits per heavy atom. The fourth-order valence-corrected chi connectivity index (χ4v) is 1.21. The van der Waals surface area contributed by atoms with Gasteiger partial charge in [0.25, 0.3) is 0 Å². The van der Waals surface area contributed by atoms with E-state index in [1.807, 2.05) is 0 Å². The van der Waals surface area contributed by atoms with Crippen LogP contribution in [0.5, 0.6) is 0 Å². The Bertz CT molecular complexity index is 508. The Labute approximate surface area is 174 Å². The SMILES string of the molecule is [CH2-]C(CC(=O)OC)NC(=O)C(F)(F)F.[CH2-]C(CC(=O)OC)NC(=O)C(F)(F)F.[Zn+2]. The van der Waals surface area contributed by atoms with Crippen LogP contribution in [0.15, 0.2) is 0 Å². The van der Waals surface area contributed by atoms with Crippen LogP contribution < -0.4 is 10.6 Å². The van der Waals surface area contributed by atoms with E-state index in [9.17, 15) is 45.5 Å². The van der Waals surface area contributed by atoms with Gasteiger partial charge in [-0.1, -0.05) is 12.1 Å². The number of nitrogens with one attached hydrogen (secondary N) is 2. The quantitative estimate of drug-likeness (QED) is 0.248. The summed E-state index contributed by atoms with van der Waals surface area (Å²) in [5.74, 6) is -5.73. The van der Waals surface area contributed by atoms with Gasteiger partial charge in [-0.25, -0.2) is 0 Å². The van der Waals surface area contributed by atoms with E-state index in [1.165, 1.54) is 10.6 Å². The molecule has 2 amide bonds. The first-order chi connectivity index (χ1) is 12.5.